The molecule has 0 aliphatic carbocycles. The third-order valence-electron chi connectivity index (χ3n) is 16.1. The van der Waals surface area contributed by atoms with E-state index in [4.69, 9.17) is 37.9 Å². The minimum absolute atomic E-state index is 0.0256. The molecule has 7 aromatic rings. The Morgan fingerprint density at radius 1 is 0.391 bits per heavy atom. The molecule has 1 fully saturated rings. The van der Waals surface area contributed by atoms with Crippen LogP contribution < -0.4 is 4.74 Å². The number of unbranched alkanes of at least 4 members (excludes halogenated alkanes) is 1. The van der Waals surface area contributed by atoms with Crippen molar-refractivity contribution in [2.24, 2.45) is 0 Å². The van der Waals surface area contributed by atoms with E-state index in [-0.39, 0.29) is 112 Å². The highest BCUT2D eigenvalue weighted by Gasteiger charge is 2.37. The number of nitrogens with zero attached hydrogens (tertiary/aromatic N) is 4. The van der Waals surface area contributed by atoms with E-state index >= 15 is 4.79 Å². The zero-order valence-electron chi connectivity index (χ0n) is 53.3. The summed E-state index contributed by atoms with van der Waals surface area (Å²) in [6.07, 6.45) is 7.02. The maximum absolute atomic E-state index is 15.0. The summed E-state index contributed by atoms with van der Waals surface area (Å²) in [6.45, 7) is 5.29. The predicted molar refractivity (Wildman–Crippen MR) is 356 cm³/mol. The maximum Gasteiger partial charge on any atom is 0.326 e. The van der Waals surface area contributed by atoms with Gasteiger partial charge in [-0.1, -0.05) is 220 Å². The van der Waals surface area contributed by atoms with Crippen LogP contribution in [0.3, 0.4) is 0 Å². The average molecular weight is 1250 g/mol. The van der Waals surface area contributed by atoms with Crippen LogP contribution >= 0.6 is 0 Å². The quantitative estimate of drug-likeness (QED) is 0.0213. The second-order valence-electron chi connectivity index (χ2n) is 22.8. The molecule has 0 spiro atoms. The van der Waals surface area contributed by atoms with Crippen LogP contribution in [0, 0.1) is 0 Å². The van der Waals surface area contributed by atoms with Crippen molar-refractivity contribution in [1.29, 1.82) is 0 Å². The normalized spacial score (nSPS) is 15.2. The van der Waals surface area contributed by atoms with Crippen molar-refractivity contribution in [2.75, 3.05) is 85.9 Å². The first kappa shape index (κ1) is 69.6. The molecule has 1 aliphatic rings. The molecule has 1 aliphatic heterocycles. The minimum atomic E-state index is -0.963. The van der Waals surface area contributed by atoms with Crippen molar-refractivity contribution in [3.8, 4) is 5.75 Å². The molecule has 0 bridgehead atoms. The van der Waals surface area contributed by atoms with E-state index in [9.17, 15) is 14.4 Å². The smallest absolute Gasteiger partial charge is 0.326 e. The number of methoxy groups -OCH3 is 1. The number of allylic oxidation sites excluding steroid dienone is 1. The largest absolute Gasteiger partial charge is 0.494 e. The lowest BCUT2D eigenvalue weighted by molar-refractivity contribution is -0.158. The Bertz CT molecular complexity index is 3100. The van der Waals surface area contributed by atoms with Crippen LogP contribution in [0.1, 0.15) is 71.6 Å². The average Bonchev–Trinajstić information content (AvgIpc) is 3.55. The van der Waals surface area contributed by atoms with E-state index in [0.717, 1.165) is 57.5 Å². The summed E-state index contributed by atoms with van der Waals surface area (Å²) in [5.41, 5.74) is 6.25. The van der Waals surface area contributed by atoms with Crippen LogP contribution in [0.5, 0.6) is 5.75 Å². The number of carbonyl (C=O) groups excluding carboxylic acids is 4. The van der Waals surface area contributed by atoms with Gasteiger partial charge >= 0.3 is 23.9 Å². The molecule has 0 saturated carbocycles. The lowest BCUT2D eigenvalue weighted by atomic mass is 10.1. The summed E-state index contributed by atoms with van der Waals surface area (Å²) >= 11 is 0. The Hall–Kier alpha value is -8.32. The Kier molecular flexibility index (Phi) is 30.1. The third-order valence-corrected chi connectivity index (χ3v) is 16.1. The van der Waals surface area contributed by atoms with Crippen molar-refractivity contribution in [3.63, 3.8) is 0 Å². The van der Waals surface area contributed by atoms with Gasteiger partial charge in [-0.05, 0) is 70.3 Å². The van der Waals surface area contributed by atoms with Gasteiger partial charge in [-0.25, -0.2) is 0 Å². The van der Waals surface area contributed by atoms with E-state index in [0.29, 0.717) is 19.4 Å². The number of hydrogen-bond donors (Lipinski definition) is 0. The highest BCUT2D eigenvalue weighted by atomic mass is 16.6. The summed E-state index contributed by atoms with van der Waals surface area (Å²) in [4.78, 5) is 67.6. The molecule has 7 aromatic carbocycles. The third kappa shape index (κ3) is 24.1. The van der Waals surface area contributed by atoms with Crippen molar-refractivity contribution in [3.05, 3.63) is 251 Å². The first-order valence-corrected chi connectivity index (χ1v) is 32.1. The number of esters is 4. The topological polar surface area (TPSA) is 155 Å². The van der Waals surface area contributed by atoms with Crippen molar-refractivity contribution in [2.45, 2.75) is 96.4 Å². The van der Waals surface area contributed by atoms with Gasteiger partial charge in [0.2, 0.25) is 0 Å². The zero-order valence-corrected chi connectivity index (χ0v) is 53.3. The van der Waals surface area contributed by atoms with Gasteiger partial charge < -0.3 is 37.9 Å². The lowest BCUT2D eigenvalue weighted by Crippen LogP contribution is -2.58. The van der Waals surface area contributed by atoms with Crippen LogP contribution in [-0.4, -0.2) is 154 Å². The summed E-state index contributed by atoms with van der Waals surface area (Å²) < 4.78 is 49.6. The molecule has 16 heteroatoms. The highest BCUT2D eigenvalue weighted by molar-refractivity contribution is 5.78. The number of benzene rings is 7. The van der Waals surface area contributed by atoms with Gasteiger partial charge in [0, 0.05) is 52.4 Å². The Morgan fingerprint density at radius 3 is 1.00 bits per heavy atom. The summed E-state index contributed by atoms with van der Waals surface area (Å²) in [6, 6.07) is 62.2. The molecule has 16 nitrogen and oxygen atoms in total. The van der Waals surface area contributed by atoms with E-state index in [1.54, 1.807) is 0 Å². The molecule has 4 unspecified atom stereocenters. The van der Waals surface area contributed by atoms with Crippen molar-refractivity contribution < 1.29 is 57.1 Å². The van der Waals surface area contributed by atoms with Crippen LogP contribution in [0.25, 0.3) is 6.08 Å². The number of rotatable bonds is 34. The van der Waals surface area contributed by atoms with Crippen LogP contribution in [0.4, 0.5) is 0 Å². The van der Waals surface area contributed by atoms with Gasteiger partial charge in [0.15, 0.2) is 0 Å². The molecule has 8 rings (SSSR count). The van der Waals surface area contributed by atoms with Crippen LogP contribution in [0.2, 0.25) is 0 Å². The van der Waals surface area contributed by atoms with Crippen molar-refractivity contribution in [1.82, 2.24) is 19.6 Å². The maximum atomic E-state index is 15.0. The Morgan fingerprint density at radius 2 is 0.696 bits per heavy atom. The molecule has 0 amide bonds. The number of hydrogen-bond acceptors (Lipinski definition) is 16. The number of ether oxygens (including phenoxy) is 8. The SMILES string of the molecule is CCCCOc1ccc(/C=C/CCC(C(=O)OC)N2CCN(C(COCc3ccccc3)C(=O)OCc3ccccc3)CCN(C(COCc3ccccc3)C(=O)OCc3ccccc3)CCN(C(COCc3ccccc3)C(=O)OCc3ccccc3)CC2)cc1. The molecule has 0 N–H and O–H groups in total. The molecular formula is C76H90N4O12. The zero-order chi connectivity index (χ0) is 64.2. The molecule has 0 radical (unpaired) electrons. The van der Waals surface area contributed by atoms with Gasteiger partial charge in [-0.2, -0.15) is 0 Å². The molecule has 1 saturated heterocycles. The fraction of sp³-hybridized carbons (Fsp3) is 0.368. The van der Waals surface area contributed by atoms with Gasteiger partial charge in [0.25, 0.3) is 0 Å². The highest BCUT2D eigenvalue weighted by Crippen LogP contribution is 2.21. The fourth-order valence-corrected chi connectivity index (χ4v) is 10.8. The monoisotopic (exact) mass is 1250 g/mol. The molecule has 92 heavy (non-hydrogen) atoms. The van der Waals surface area contributed by atoms with Gasteiger partial charge in [-0.3, -0.25) is 38.8 Å². The minimum Gasteiger partial charge on any atom is -0.494 e. The molecule has 4 atom stereocenters. The van der Waals surface area contributed by atoms with Crippen molar-refractivity contribution >= 4 is 30.0 Å². The molecule has 0 aromatic heterocycles. The van der Waals surface area contributed by atoms with E-state index < -0.39 is 48.0 Å². The summed E-state index contributed by atoms with van der Waals surface area (Å²) in [7, 11) is 1.40. The Labute approximate surface area is 543 Å². The molecular weight excluding hydrogens is 1160 g/mol. The first-order valence-electron chi connectivity index (χ1n) is 32.1. The van der Waals surface area contributed by atoms with Gasteiger partial charge in [0.1, 0.15) is 49.7 Å². The second kappa shape index (κ2) is 39.8. The fourth-order valence-electron chi connectivity index (χ4n) is 10.8. The number of carbonyl (C=O) groups is 4. The summed E-state index contributed by atoms with van der Waals surface area (Å²) in [5.74, 6) is -1.11. The van der Waals surface area contributed by atoms with Gasteiger partial charge in [0.05, 0.1) is 53.4 Å². The standard InChI is InChI=1S/C76H90N4O12/c1-3-4-51-89-68-41-39-61(40-42-68)25-23-24-38-69(73(81)85-2)77-43-45-78(70(58-86-52-62-26-11-5-12-27-62)74(82)90-55-65-32-17-8-18-33-65)47-49-80(72(60-88-54-64-30-15-7-16-31-64)76(84)92-57-67-36-21-10-22-37-67)50-48-79(46-44-77)71(59-87-53-63-28-13-6-14-29-63)75(83)91-56-66-34-19-9-20-35-66/h5-23,25-37,39-42,69-72H,3-4,24,38,43-60H2,1-2H3/b25-23+. The Balaban J connectivity index is 1.17. The lowest BCUT2D eigenvalue weighted by Gasteiger charge is -2.40. The first-order chi connectivity index (χ1) is 45.2. The summed E-state index contributed by atoms with van der Waals surface area (Å²) in [5, 5.41) is 0. The van der Waals surface area contributed by atoms with E-state index in [1.807, 2.05) is 227 Å². The van der Waals surface area contributed by atoms with Gasteiger partial charge in [-0.15, -0.1) is 0 Å². The second-order valence-corrected chi connectivity index (χ2v) is 22.8. The van der Waals surface area contributed by atoms with Crippen LogP contribution in [0.15, 0.2) is 212 Å². The van der Waals surface area contributed by atoms with Crippen LogP contribution in [-0.2, 0) is 92.0 Å². The molecule has 1 heterocycles. The van der Waals surface area contributed by atoms with E-state index in [2.05, 4.69) is 17.9 Å². The molecule has 486 valence electrons. The predicted octanol–water partition coefficient (Wildman–Crippen LogP) is 11.4. The van der Waals surface area contributed by atoms with E-state index in [1.165, 1.54) is 7.11 Å².